The molecule has 0 aliphatic heterocycles. The van der Waals surface area contributed by atoms with E-state index in [9.17, 15) is 4.79 Å². The average molecular weight is 171 g/mol. The molecule has 0 bridgehead atoms. The summed E-state index contributed by atoms with van der Waals surface area (Å²) in [5.74, 6) is -0.550. The Kier molecular flexibility index (Phi) is 2.82. The molecule has 1 aromatic rings. The molecule has 1 N–H and O–H groups in total. The van der Waals surface area contributed by atoms with Crippen LogP contribution >= 0.6 is 0 Å². The molecule has 0 aliphatic rings. The Bertz CT molecular complexity index is 268. The molecule has 0 aliphatic carbocycles. The minimum absolute atomic E-state index is 0.0147. The Morgan fingerprint density at radius 3 is 3.08 bits per heavy atom. The lowest BCUT2D eigenvalue weighted by molar-refractivity contribution is 0.0479. The van der Waals surface area contributed by atoms with Crippen LogP contribution < -0.4 is 0 Å². The zero-order chi connectivity index (χ0) is 8.97. The number of nitrogens with zero attached hydrogens (tertiary/aromatic N) is 1. The van der Waals surface area contributed by atoms with E-state index < -0.39 is 5.97 Å². The number of rotatable bonds is 3. The molecule has 0 aromatic carbocycles. The third-order valence-corrected chi connectivity index (χ3v) is 1.20. The lowest BCUT2D eigenvalue weighted by Gasteiger charge is -1.94. The van der Waals surface area contributed by atoms with Crippen LogP contribution in [0, 0.1) is 0 Å². The van der Waals surface area contributed by atoms with E-state index in [2.05, 4.69) is 14.4 Å². The minimum Gasteiger partial charge on any atom is -0.460 e. The molecule has 1 heterocycles. The van der Waals surface area contributed by atoms with Crippen molar-refractivity contribution in [1.29, 1.82) is 0 Å². The summed E-state index contributed by atoms with van der Waals surface area (Å²) in [5.41, 5.74) is 0.318. The maximum absolute atomic E-state index is 10.9. The highest BCUT2D eigenvalue weighted by atomic mass is 16.6. The van der Waals surface area contributed by atoms with Crippen molar-refractivity contribution in [2.24, 2.45) is 0 Å². The maximum atomic E-state index is 10.9. The van der Waals surface area contributed by atoms with Gasteiger partial charge in [0.05, 0.1) is 13.2 Å². The van der Waals surface area contributed by atoms with Gasteiger partial charge in [-0.3, -0.25) is 0 Å². The van der Waals surface area contributed by atoms with Crippen LogP contribution in [0.1, 0.15) is 23.2 Å². The molecule has 0 unspecified atom stereocenters. The molecule has 1 aromatic heterocycles. The van der Waals surface area contributed by atoms with E-state index in [1.807, 2.05) is 0 Å². The summed E-state index contributed by atoms with van der Waals surface area (Å²) in [4.78, 5) is 10.9. The van der Waals surface area contributed by atoms with Crippen LogP contribution in [-0.4, -0.2) is 22.8 Å². The fourth-order valence-electron chi connectivity index (χ4n) is 0.685. The predicted molar refractivity (Wildman–Crippen MR) is 38.4 cm³/mol. The molecule has 0 amide bonds. The van der Waals surface area contributed by atoms with Gasteiger partial charge in [0.25, 0.3) is 0 Å². The number of hydrogen-bond acceptors (Lipinski definition) is 5. The smallest absolute Gasteiger partial charge is 0.377 e. The van der Waals surface area contributed by atoms with Crippen LogP contribution in [0.15, 0.2) is 10.6 Å². The quantitative estimate of drug-likeness (QED) is 0.664. The molecule has 0 fully saturated rings. The Hall–Kier alpha value is -1.36. The molecule has 0 saturated carbocycles. The minimum atomic E-state index is -0.565. The van der Waals surface area contributed by atoms with E-state index in [0.29, 0.717) is 5.69 Å². The van der Waals surface area contributed by atoms with Gasteiger partial charge in [-0.05, 0) is 6.92 Å². The number of carbonyl (C=O) groups excluding carboxylic acids is 1. The van der Waals surface area contributed by atoms with Crippen molar-refractivity contribution in [3.63, 3.8) is 0 Å². The van der Waals surface area contributed by atoms with Gasteiger partial charge in [-0.15, -0.1) is 0 Å². The molecular weight excluding hydrogens is 162 g/mol. The SMILES string of the molecule is CCOC(=O)c1cc(CO)no1. The van der Waals surface area contributed by atoms with Gasteiger partial charge in [0.2, 0.25) is 5.76 Å². The topological polar surface area (TPSA) is 72.6 Å². The van der Waals surface area contributed by atoms with Crippen molar-refractivity contribution in [3.8, 4) is 0 Å². The normalized spacial score (nSPS) is 9.83. The Labute approximate surface area is 68.9 Å². The summed E-state index contributed by atoms with van der Waals surface area (Å²) in [6, 6.07) is 1.35. The van der Waals surface area contributed by atoms with E-state index >= 15 is 0 Å². The van der Waals surface area contributed by atoms with Crippen LogP contribution in [0.4, 0.5) is 0 Å². The number of carbonyl (C=O) groups is 1. The maximum Gasteiger partial charge on any atom is 0.377 e. The second-order valence-electron chi connectivity index (χ2n) is 2.06. The number of aliphatic hydroxyl groups is 1. The van der Waals surface area contributed by atoms with Crippen molar-refractivity contribution in [2.45, 2.75) is 13.5 Å². The number of esters is 1. The van der Waals surface area contributed by atoms with Gasteiger partial charge in [0, 0.05) is 6.07 Å². The van der Waals surface area contributed by atoms with E-state index in [4.69, 9.17) is 5.11 Å². The molecule has 0 saturated heterocycles. The van der Waals surface area contributed by atoms with Gasteiger partial charge < -0.3 is 14.4 Å². The highest BCUT2D eigenvalue weighted by Crippen LogP contribution is 2.04. The van der Waals surface area contributed by atoms with Crippen molar-refractivity contribution in [3.05, 3.63) is 17.5 Å². The third-order valence-electron chi connectivity index (χ3n) is 1.20. The Morgan fingerprint density at radius 1 is 1.83 bits per heavy atom. The van der Waals surface area contributed by atoms with E-state index in [1.54, 1.807) is 6.92 Å². The number of aliphatic hydroxyl groups excluding tert-OH is 1. The van der Waals surface area contributed by atoms with Crippen molar-refractivity contribution in [1.82, 2.24) is 5.16 Å². The molecule has 5 heteroatoms. The van der Waals surface area contributed by atoms with Crippen LogP contribution in [0.2, 0.25) is 0 Å². The highest BCUT2D eigenvalue weighted by molar-refractivity contribution is 5.86. The van der Waals surface area contributed by atoms with Crippen molar-refractivity contribution < 1.29 is 19.2 Å². The second kappa shape index (κ2) is 3.87. The standard InChI is InChI=1S/C7H9NO4/c1-2-11-7(10)6-3-5(4-9)8-12-6/h3,9H,2,4H2,1H3. The zero-order valence-corrected chi connectivity index (χ0v) is 6.61. The average Bonchev–Trinajstić information content (AvgIpc) is 2.52. The fraction of sp³-hybridized carbons (Fsp3) is 0.429. The third kappa shape index (κ3) is 1.82. The number of aromatic nitrogens is 1. The molecular formula is C7H9NO4. The van der Waals surface area contributed by atoms with Gasteiger partial charge in [-0.25, -0.2) is 4.79 Å². The van der Waals surface area contributed by atoms with Gasteiger partial charge >= 0.3 is 5.97 Å². The fourth-order valence-corrected chi connectivity index (χ4v) is 0.685. The lowest BCUT2D eigenvalue weighted by Crippen LogP contribution is -2.02. The molecule has 1 rings (SSSR count). The highest BCUT2D eigenvalue weighted by Gasteiger charge is 2.12. The first-order valence-electron chi connectivity index (χ1n) is 3.51. The molecule has 12 heavy (non-hydrogen) atoms. The first-order chi connectivity index (χ1) is 5.77. The molecule has 0 atom stereocenters. The van der Waals surface area contributed by atoms with Crippen LogP contribution in [0.3, 0.4) is 0 Å². The van der Waals surface area contributed by atoms with Crippen molar-refractivity contribution in [2.75, 3.05) is 6.61 Å². The summed E-state index contributed by atoms with van der Waals surface area (Å²) < 4.78 is 9.22. The monoisotopic (exact) mass is 171 g/mol. The summed E-state index contributed by atoms with van der Waals surface area (Å²) in [6.07, 6.45) is 0. The van der Waals surface area contributed by atoms with Gasteiger partial charge in [0.1, 0.15) is 5.69 Å². The molecule has 0 spiro atoms. The summed E-state index contributed by atoms with van der Waals surface area (Å²) in [5, 5.41) is 12.0. The lowest BCUT2D eigenvalue weighted by atomic mass is 10.4. The van der Waals surface area contributed by atoms with Crippen LogP contribution in [0.5, 0.6) is 0 Å². The zero-order valence-electron chi connectivity index (χ0n) is 6.61. The number of hydrogen-bond donors (Lipinski definition) is 1. The second-order valence-corrected chi connectivity index (χ2v) is 2.06. The first-order valence-corrected chi connectivity index (χ1v) is 3.51. The van der Waals surface area contributed by atoms with Crippen LogP contribution in [-0.2, 0) is 11.3 Å². The van der Waals surface area contributed by atoms with Crippen molar-refractivity contribution >= 4 is 5.97 Å². The summed E-state index contributed by atoms with van der Waals surface area (Å²) >= 11 is 0. The molecule has 66 valence electrons. The Balaban J connectivity index is 2.68. The summed E-state index contributed by atoms with van der Waals surface area (Å²) in [7, 11) is 0. The van der Waals surface area contributed by atoms with E-state index in [0.717, 1.165) is 0 Å². The molecule has 5 nitrogen and oxygen atoms in total. The first kappa shape index (κ1) is 8.73. The van der Waals surface area contributed by atoms with E-state index in [-0.39, 0.29) is 19.0 Å². The van der Waals surface area contributed by atoms with Gasteiger partial charge in [-0.2, -0.15) is 0 Å². The van der Waals surface area contributed by atoms with Gasteiger partial charge in [0.15, 0.2) is 0 Å². The summed E-state index contributed by atoms with van der Waals surface area (Å²) in [6.45, 7) is 1.73. The van der Waals surface area contributed by atoms with Gasteiger partial charge in [-0.1, -0.05) is 5.16 Å². The van der Waals surface area contributed by atoms with E-state index in [1.165, 1.54) is 6.07 Å². The predicted octanol–water partition coefficient (Wildman–Crippen LogP) is 0.344. The molecule has 0 radical (unpaired) electrons. The van der Waals surface area contributed by atoms with Crippen LogP contribution in [0.25, 0.3) is 0 Å². The largest absolute Gasteiger partial charge is 0.460 e. The number of ether oxygens (including phenoxy) is 1. The Morgan fingerprint density at radius 2 is 2.58 bits per heavy atom.